The lowest BCUT2D eigenvalue weighted by Gasteiger charge is -2.16. The fraction of sp³-hybridized carbons (Fsp3) is 0.273. The highest BCUT2D eigenvalue weighted by molar-refractivity contribution is 6.29. The van der Waals surface area contributed by atoms with Crippen molar-refractivity contribution in [3.63, 3.8) is 0 Å². The van der Waals surface area contributed by atoms with E-state index in [1.807, 2.05) is 0 Å². The van der Waals surface area contributed by atoms with Gasteiger partial charge >= 0.3 is 11.9 Å². The highest BCUT2D eigenvalue weighted by Crippen LogP contribution is 2.41. The molecule has 0 radical (unpaired) electrons. The van der Waals surface area contributed by atoms with Gasteiger partial charge in [0.05, 0.1) is 93.3 Å². The number of ketones is 2. The molecule has 2 aliphatic heterocycles. The number of nitrogens with zero attached hydrogens (tertiary/aromatic N) is 4. The number of aromatic nitrogens is 3. The molecule has 0 saturated carbocycles. The minimum Gasteiger partial charge on any atom is -0.497 e. The van der Waals surface area contributed by atoms with Gasteiger partial charge < -0.3 is 53.2 Å². The first kappa shape index (κ1) is 60.0. The number of hydrogen-bond donors (Lipinski definition) is 4. The van der Waals surface area contributed by atoms with Crippen molar-refractivity contribution in [2.24, 2.45) is 0 Å². The molecule has 416 valence electrons. The summed E-state index contributed by atoms with van der Waals surface area (Å²) in [7, 11) is 11.7. The molecule has 6 aromatic rings. The van der Waals surface area contributed by atoms with Crippen LogP contribution in [-0.2, 0) is 48.3 Å². The van der Waals surface area contributed by atoms with E-state index in [9.17, 15) is 48.6 Å². The van der Waals surface area contributed by atoms with Crippen LogP contribution in [-0.4, -0.2) is 139 Å². The molecule has 2 fully saturated rings. The fourth-order valence-corrected chi connectivity index (χ4v) is 7.73. The Balaban J connectivity index is 0.000000195. The Morgan fingerprint density at radius 1 is 0.544 bits per heavy atom. The number of pyridine rings is 2. The van der Waals surface area contributed by atoms with E-state index in [0.29, 0.717) is 60.0 Å². The molecule has 9 rings (SSSR count). The van der Waals surface area contributed by atoms with E-state index < -0.39 is 35.3 Å². The SMILES string of the molecule is COC(=O)c1cccnc1C(=O)OC.COc1ccc(CN2C(=O)CCC2=O)c(OC)c1.COc1ccc(CO)c(OC)c1.COc1ccc(Cn2c(O)c3c(c2O)C(=O)c2ncccc2C3=O)c(OC)c1.O=C1CCC(=O)N1. The van der Waals surface area contributed by atoms with Crippen molar-refractivity contribution >= 4 is 47.1 Å². The minimum atomic E-state index is -0.661. The molecule has 3 aromatic carbocycles. The molecule has 24 heteroatoms. The van der Waals surface area contributed by atoms with Crippen LogP contribution < -0.4 is 33.7 Å². The summed E-state index contributed by atoms with van der Waals surface area (Å²) in [6, 6.07) is 21.7. The largest absolute Gasteiger partial charge is 0.497 e. The summed E-state index contributed by atoms with van der Waals surface area (Å²) in [6.45, 7) is 0.209. The van der Waals surface area contributed by atoms with Crippen LogP contribution in [0.3, 0.4) is 0 Å². The summed E-state index contributed by atoms with van der Waals surface area (Å²) in [4.78, 5) is 100. The number of hydrogen-bond acceptors (Lipinski definition) is 21. The molecule has 2 saturated heterocycles. The second kappa shape index (κ2) is 28.3. The van der Waals surface area contributed by atoms with Crippen LogP contribution in [0.15, 0.2) is 91.3 Å². The van der Waals surface area contributed by atoms with Gasteiger partial charge in [0.1, 0.15) is 45.8 Å². The zero-order valence-electron chi connectivity index (χ0n) is 44.3. The van der Waals surface area contributed by atoms with Gasteiger partial charge in [-0.1, -0.05) is 0 Å². The van der Waals surface area contributed by atoms with Gasteiger partial charge in [-0.25, -0.2) is 14.6 Å². The number of amides is 4. The maximum atomic E-state index is 12.8. The molecule has 0 bridgehead atoms. The average molecular weight is 1090 g/mol. The van der Waals surface area contributed by atoms with Gasteiger partial charge in [0, 0.05) is 73.0 Å². The standard InChI is InChI=1S/C20H16N2O6.C13H15NO4.C9H9NO4.C9H12O3.C4H5NO2/c1-27-11-6-5-10(13(8-11)28-2)9-22-19(25)14-15(20(22)26)18(24)16-12(17(14)23)4-3-7-21-16;1-17-10-4-3-9(11(7-10)18-2)8-14-12(15)5-6-13(14)16;1-13-8(11)6-4-3-5-10-7(6)9(12)14-2;1-11-8-4-3-7(6-10)9(5-8)12-2;6-3-1-2-4(7)5-3/h3-8,25-26H,9H2,1-2H3;3-4,7H,5-6,8H2,1-2H3;3-5H,1-2H3;3-5,10H,6H2,1-2H3;1-2H2,(H,5,6,7). The summed E-state index contributed by atoms with van der Waals surface area (Å²) < 4.78 is 40.9. The Kier molecular flexibility index (Phi) is 21.5. The van der Waals surface area contributed by atoms with Crippen molar-refractivity contribution in [3.05, 3.63) is 142 Å². The topological polar surface area (TPSA) is 317 Å². The number of nitrogens with one attached hydrogen (secondary N) is 1. The number of imide groups is 2. The normalized spacial score (nSPS) is 12.7. The highest BCUT2D eigenvalue weighted by Gasteiger charge is 2.39. The lowest BCUT2D eigenvalue weighted by atomic mass is 9.89. The Labute approximate surface area is 452 Å². The number of carbonyl (C=O) groups is 8. The highest BCUT2D eigenvalue weighted by atomic mass is 16.5. The van der Waals surface area contributed by atoms with Crippen molar-refractivity contribution in [2.75, 3.05) is 56.9 Å². The third-order valence-electron chi connectivity index (χ3n) is 11.8. The van der Waals surface area contributed by atoms with Crippen LogP contribution in [0, 0.1) is 0 Å². The second-order valence-corrected chi connectivity index (χ2v) is 16.5. The molecule has 5 heterocycles. The number of aliphatic hydroxyl groups excluding tert-OH is 1. The number of esters is 2. The molecule has 3 aliphatic rings. The maximum absolute atomic E-state index is 12.8. The lowest BCUT2D eigenvalue weighted by molar-refractivity contribution is -0.139. The number of carbonyl (C=O) groups excluding carboxylic acids is 8. The van der Waals surface area contributed by atoms with Crippen LogP contribution in [0.25, 0.3) is 0 Å². The summed E-state index contributed by atoms with van der Waals surface area (Å²) in [5, 5.41) is 32.3. The average Bonchev–Trinajstić information content (AvgIpc) is 4.34. The van der Waals surface area contributed by atoms with E-state index in [1.54, 1.807) is 89.1 Å². The van der Waals surface area contributed by atoms with Gasteiger partial charge in [0.15, 0.2) is 5.69 Å². The maximum Gasteiger partial charge on any atom is 0.357 e. The molecule has 24 nitrogen and oxygen atoms in total. The molecule has 0 unspecified atom stereocenters. The van der Waals surface area contributed by atoms with Gasteiger partial charge in [-0.15, -0.1) is 0 Å². The molecular weight excluding hydrogens is 1030 g/mol. The smallest absolute Gasteiger partial charge is 0.357 e. The predicted molar refractivity (Wildman–Crippen MR) is 277 cm³/mol. The van der Waals surface area contributed by atoms with Crippen molar-refractivity contribution < 1.29 is 91.6 Å². The number of rotatable bonds is 13. The van der Waals surface area contributed by atoms with Gasteiger partial charge in [-0.2, -0.15) is 0 Å². The summed E-state index contributed by atoms with van der Waals surface area (Å²) in [5.41, 5.74) is 1.79. The minimum absolute atomic E-state index is 0.0207. The van der Waals surface area contributed by atoms with Crippen molar-refractivity contribution in [1.29, 1.82) is 0 Å². The number of fused-ring (bicyclic) bond motifs is 2. The van der Waals surface area contributed by atoms with E-state index in [4.69, 9.17) is 33.5 Å². The molecule has 0 atom stereocenters. The predicted octanol–water partition coefficient (Wildman–Crippen LogP) is 4.76. The summed E-state index contributed by atoms with van der Waals surface area (Å²) in [5.74, 6) is -0.282. The zero-order chi connectivity index (χ0) is 57.9. The number of ether oxygens (including phenoxy) is 8. The third kappa shape index (κ3) is 14.6. The van der Waals surface area contributed by atoms with Crippen LogP contribution in [0.1, 0.15) is 95.2 Å². The first-order valence-electron chi connectivity index (χ1n) is 23.6. The van der Waals surface area contributed by atoms with E-state index >= 15 is 0 Å². The van der Waals surface area contributed by atoms with Gasteiger partial charge in [0.25, 0.3) is 0 Å². The molecule has 1 aliphatic carbocycles. The quantitative estimate of drug-likeness (QED) is 0.0893. The Morgan fingerprint density at radius 3 is 1.46 bits per heavy atom. The number of likely N-dealkylation sites (tertiary alicyclic amines) is 1. The number of methoxy groups -OCH3 is 8. The van der Waals surface area contributed by atoms with Gasteiger partial charge in [-0.05, 0) is 60.7 Å². The van der Waals surface area contributed by atoms with Crippen LogP contribution in [0.4, 0.5) is 0 Å². The van der Waals surface area contributed by atoms with Crippen molar-refractivity contribution in [1.82, 2.24) is 24.8 Å². The Bertz CT molecular complexity index is 3120. The van der Waals surface area contributed by atoms with Crippen LogP contribution in [0.5, 0.6) is 46.3 Å². The zero-order valence-corrected chi connectivity index (χ0v) is 44.3. The van der Waals surface area contributed by atoms with E-state index in [1.165, 1.54) is 63.9 Å². The van der Waals surface area contributed by atoms with Crippen molar-refractivity contribution in [2.45, 2.75) is 45.4 Å². The van der Waals surface area contributed by atoms with E-state index in [0.717, 1.165) is 21.4 Å². The fourth-order valence-electron chi connectivity index (χ4n) is 7.73. The third-order valence-corrected chi connectivity index (χ3v) is 11.8. The number of aliphatic hydroxyl groups is 1. The second-order valence-electron chi connectivity index (χ2n) is 16.5. The Morgan fingerprint density at radius 2 is 1.00 bits per heavy atom. The number of aromatic hydroxyl groups is 2. The van der Waals surface area contributed by atoms with Crippen LogP contribution in [0.2, 0.25) is 0 Å². The number of benzene rings is 3. The van der Waals surface area contributed by atoms with Crippen LogP contribution >= 0.6 is 0 Å². The van der Waals surface area contributed by atoms with Gasteiger partial charge in [-0.3, -0.25) is 48.5 Å². The molecule has 4 N–H and O–H groups in total. The Hall–Kier alpha value is -9.84. The first-order valence-corrected chi connectivity index (χ1v) is 23.6. The molecule has 79 heavy (non-hydrogen) atoms. The van der Waals surface area contributed by atoms with Gasteiger partial charge in [0.2, 0.25) is 47.0 Å². The molecule has 4 amide bonds. The van der Waals surface area contributed by atoms with E-state index in [2.05, 4.69) is 24.8 Å². The van der Waals surface area contributed by atoms with E-state index in [-0.39, 0.29) is 77.0 Å². The molecule has 3 aromatic heterocycles. The molecule has 0 spiro atoms. The monoisotopic (exact) mass is 1090 g/mol. The summed E-state index contributed by atoms with van der Waals surface area (Å²) in [6.07, 6.45) is 4.15. The summed E-state index contributed by atoms with van der Waals surface area (Å²) >= 11 is 0. The molecular formula is C55H57N5O19. The van der Waals surface area contributed by atoms with Crippen molar-refractivity contribution in [3.8, 4) is 46.3 Å². The first-order chi connectivity index (χ1) is 37.9. The lowest BCUT2D eigenvalue weighted by Crippen LogP contribution is -2.28.